The maximum absolute atomic E-state index is 12.3. The van der Waals surface area contributed by atoms with Crippen LogP contribution in [0.1, 0.15) is 17.3 Å². The number of hydrogen-bond acceptors (Lipinski definition) is 5. The van der Waals surface area contributed by atoms with Crippen LogP contribution in [0.4, 0.5) is 15.8 Å². The summed E-state index contributed by atoms with van der Waals surface area (Å²) >= 11 is 1.03. The number of hydrogen-bond donors (Lipinski definition) is 1. The largest absolute Gasteiger partial charge is 0.341 e. The Kier molecular flexibility index (Phi) is 4.39. The van der Waals surface area contributed by atoms with E-state index in [0.29, 0.717) is 16.4 Å². The molecule has 0 spiro atoms. The molecule has 0 radical (unpaired) electrons. The van der Waals surface area contributed by atoms with E-state index >= 15 is 0 Å². The van der Waals surface area contributed by atoms with E-state index in [1.165, 1.54) is 18.0 Å². The molecule has 0 aliphatic heterocycles. The first-order valence-electron chi connectivity index (χ1n) is 6.02. The van der Waals surface area contributed by atoms with Crippen molar-refractivity contribution in [2.45, 2.75) is 6.92 Å². The molecule has 0 bridgehead atoms. The highest BCUT2D eigenvalue weighted by Gasteiger charge is 2.21. The van der Waals surface area contributed by atoms with E-state index in [-0.39, 0.29) is 16.8 Å². The second kappa shape index (κ2) is 6.23. The first kappa shape index (κ1) is 14.8. The summed E-state index contributed by atoms with van der Waals surface area (Å²) in [5, 5.41) is 6.04. The lowest BCUT2D eigenvalue weighted by Crippen LogP contribution is -2.26. The Balaban J connectivity index is 2.26. The zero-order chi connectivity index (χ0) is 15.4. The summed E-state index contributed by atoms with van der Waals surface area (Å²) in [4.78, 5) is 38.3. The molecule has 2 amide bonds. The van der Waals surface area contributed by atoms with Gasteiger partial charge >= 0.3 is 11.0 Å². The first-order valence-corrected chi connectivity index (χ1v) is 6.84. The molecule has 0 fully saturated rings. The summed E-state index contributed by atoms with van der Waals surface area (Å²) in [7, 11) is 1.60. The Morgan fingerprint density at radius 3 is 2.67 bits per heavy atom. The van der Waals surface area contributed by atoms with Crippen molar-refractivity contribution >= 4 is 39.0 Å². The molecule has 1 aromatic heterocycles. The van der Waals surface area contributed by atoms with E-state index in [9.17, 15) is 14.5 Å². The molecular weight excluding hydrogens is 292 g/mol. The SMILES string of the molecule is CC(=O)N(C)c1ccccc1C(=O)Nc1[nH+]cc(N=O)s1. The predicted molar refractivity (Wildman–Crippen MR) is 79.8 cm³/mol. The summed E-state index contributed by atoms with van der Waals surface area (Å²) in [6.07, 6.45) is 1.40. The van der Waals surface area contributed by atoms with Gasteiger partial charge in [-0.1, -0.05) is 12.1 Å². The molecule has 21 heavy (non-hydrogen) atoms. The lowest BCUT2D eigenvalue weighted by Gasteiger charge is -2.17. The number of aromatic nitrogens is 1. The highest BCUT2D eigenvalue weighted by Crippen LogP contribution is 2.24. The third kappa shape index (κ3) is 3.29. The molecule has 2 rings (SSSR count). The summed E-state index contributed by atoms with van der Waals surface area (Å²) < 4.78 is 0. The lowest BCUT2D eigenvalue weighted by molar-refractivity contribution is -0.353. The number of benzene rings is 1. The van der Waals surface area contributed by atoms with Gasteiger partial charge in [0.05, 0.1) is 11.3 Å². The fourth-order valence-electron chi connectivity index (χ4n) is 1.70. The third-order valence-corrected chi connectivity index (χ3v) is 3.66. The van der Waals surface area contributed by atoms with Crippen LogP contribution in [0.3, 0.4) is 0 Å². The monoisotopic (exact) mass is 305 g/mol. The minimum absolute atomic E-state index is 0.176. The number of carbonyl (C=O) groups is 2. The Labute approximate surface area is 124 Å². The summed E-state index contributed by atoms with van der Waals surface area (Å²) in [5.41, 5.74) is 0.866. The maximum atomic E-state index is 12.3. The van der Waals surface area contributed by atoms with Gasteiger partial charge < -0.3 is 4.90 Å². The number of nitroso groups, excluding NO2 is 1. The molecule has 0 unspecified atom stereocenters. The standard InChI is InChI=1S/C13H12N4O3S/c1-8(18)17(2)10-6-4-3-5-9(10)12(19)15-13-14-7-11(16-20)21-13/h3-7H,1-2H3,(H,14,15,19)/p+1. The van der Waals surface area contributed by atoms with Crippen molar-refractivity contribution in [1.82, 2.24) is 0 Å². The van der Waals surface area contributed by atoms with Crippen LogP contribution in [-0.2, 0) is 4.79 Å². The summed E-state index contributed by atoms with van der Waals surface area (Å²) in [6, 6.07) is 6.77. The van der Waals surface area contributed by atoms with Gasteiger partial charge in [-0.15, -0.1) is 4.91 Å². The molecular formula is C13H13N4O3S+. The molecule has 1 aromatic carbocycles. The Morgan fingerprint density at radius 2 is 2.05 bits per heavy atom. The fraction of sp³-hybridized carbons (Fsp3) is 0.154. The molecule has 2 aromatic rings. The van der Waals surface area contributed by atoms with Gasteiger partial charge in [-0.2, -0.15) is 5.32 Å². The fourth-order valence-corrected chi connectivity index (χ4v) is 2.32. The lowest BCUT2D eigenvalue weighted by atomic mass is 10.1. The van der Waals surface area contributed by atoms with Crippen LogP contribution in [0.15, 0.2) is 35.6 Å². The van der Waals surface area contributed by atoms with Gasteiger partial charge in [0.2, 0.25) is 10.9 Å². The van der Waals surface area contributed by atoms with Crippen LogP contribution in [-0.4, -0.2) is 18.9 Å². The molecule has 0 aliphatic rings. The average Bonchev–Trinajstić information content (AvgIpc) is 2.94. The number of rotatable bonds is 4. The normalized spacial score (nSPS) is 10.0. The number of aromatic amines is 1. The van der Waals surface area contributed by atoms with Gasteiger partial charge in [0.25, 0.3) is 0 Å². The zero-order valence-electron chi connectivity index (χ0n) is 11.4. The van der Waals surface area contributed by atoms with E-state index in [1.54, 1.807) is 31.3 Å². The molecule has 0 saturated carbocycles. The van der Waals surface area contributed by atoms with Gasteiger partial charge in [0, 0.05) is 14.0 Å². The minimum atomic E-state index is -0.380. The Hall–Kier alpha value is -2.61. The van der Waals surface area contributed by atoms with E-state index in [2.05, 4.69) is 15.5 Å². The first-order chi connectivity index (χ1) is 10.0. The second-order valence-electron chi connectivity index (χ2n) is 4.20. The van der Waals surface area contributed by atoms with E-state index in [0.717, 1.165) is 11.3 Å². The van der Waals surface area contributed by atoms with Gasteiger partial charge in [0.15, 0.2) is 0 Å². The van der Waals surface area contributed by atoms with Crippen molar-refractivity contribution in [3.05, 3.63) is 40.9 Å². The van der Waals surface area contributed by atoms with Gasteiger partial charge in [-0.05, 0) is 28.6 Å². The van der Waals surface area contributed by atoms with Gasteiger partial charge in [-0.25, -0.2) is 9.78 Å². The third-order valence-electron chi connectivity index (χ3n) is 2.83. The molecule has 7 nitrogen and oxygen atoms in total. The quantitative estimate of drug-likeness (QED) is 0.877. The average molecular weight is 305 g/mol. The number of nitrogens with one attached hydrogen (secondary N) is 2. The number of nitrogens with zero attached hydrogens (tertiary/aromatic N) is 2. The van der Waals surface area contributed by atoms with Crippen molar-refractivity contribution in [2.75, 3.05) is 17.3 Å². The van der Waals surface area contributed by atoms with Crippen LogP contribution in [0.25, 0.3) is 0 Å². The molecule has 108 valence electrons. The van der Waals surface area contributed by atoms with Crippen LogP contribution < -0.4 is 15.2 Å². The number of amides is 2. The van der Waals surface area contributed by atoms with E-state index in [1.807, 2.05) is 0 Å². The Bertz CT molecular complexity index is 698. The zero-order valence-corrected chi connectivity index (χ0v) is 12.2. The number of para-hydroxylation sites is 1. The second-order valence-corrected chi connectivity index (χ2v) is 5.23. The number of carbonyl (C=O) groups excluding carboxylic acids is 2. The van der Waals surface area contributed by atoms with E-state index in [4.69, 9.17) is 0 Å². The highest BCUT2D eigenvalue weighted by atomic mass is 32.1. The Morgan fingerprint density at radius 1 is 1.33 bits per heavy atom. The van der Waals surface area contributed by atoms with Crippen molar-refractivity contribution in [3.8, 4) is 0 Å². The minimum Gasteiger partial charge on any atom is -0.315 e. The van der Waals surface area contributed by atoms with Crippen LogP contribution in [0.5, 0.6) is 0 Å². The van der Waals surface area contributed by atoms with Crippen molar-refractivity contribution in [1.29, 1.82) is 0 Å². The molecule has 8 heteroatoms. The van der Waals surface area contributed by atoms with Crippen LogP contribution in [0.2, 0.25) is 0 Å². The molecule has 1 heterocycles. The van der Waals surface area contributed by atoms with Crippen molar-refractivity contribution in [3.63, 3.8) is 0 Å². The number of anilines is 2. The molecule has 0 atom stereocenters. The summed E-state index contributed by atoms with van der Waals surface area (Å²) in [6.45, 7) is 1.42. The number of H-pyrrole nitrogens is 1. The summed E-state index contributed by atoms with van der Waals surface area (Å²) in [5.74, 6) is -0.556. The van der Waals surface area contributed by atoms with Gasteiger partial charge in [0.1, 0.15) is 6.20 Å². The molecule has 0 aliphatic carbocycles. The highest BCUT2D eigenvalue weighted by molar-refractivity contribution is 7.18. The predicted octanol–water partition coefficient (Wildman–Crippen LogP) is 2.20. The smallest absolute Gasteiger partial charge is 0.315 e. The van der Waals surface area contributed by atoms with Gasteiger partial charge in [-0.3, -0.25) is 4.79 Å². The molecule has 0 saturated heterocycles. The topological polar surface area (TPSA) is 93.0 Å². The van der Waals surface area contributed by atoms with Crippen LogP contribution in [0, 0.1) is 4.91 Å². The number of thiazole rings is 1. The van der Waals surface area contributed by atoms with Crippen molar-refractivity contribution in [2.24, 2.45) is 5.18 Å². The maximum Gasteiger partial charge on any atom is 0.341 e. The molecule has 2 N–H and O–H groups in total. The van der Waals surface area contributed by atoms with E-state index < -0.39 is 0 Å². The van der Waals surface area contributed by atoms with Crippen molar-refractivity contribution < 1.29 is 14.6 Å². The van der Waals surface area contributed by atoms with Crippen LogP contribution >= 0.6 is 11.3 Å².